The van der Waals surface area contributed by atoms with Crippen molar-refractivity contribution < 1.29 is 4.79 Å². The molecule has 1 heterocycles. The molecular formula is C23H32IN5O. The van der Waals surface area contributed by atoms with E-state index >= 15 is 0 Å². The molecule has 1 saturated heterocycles. The molecule has 1 aliphatic rings. The zero-order valence-electron chi connectivity index (χ0n) is 17.5. The van der Waals surface area contributed by atoms with Gasteiger partial charge >= 0.3 is 0 Å². The van der Waals surface area contributed by atoms with Crippen LogP contribution in [0.3, 0.4) is 0 Å². The summed E-state index contributed by atoms with van der Waals surface area (Å²) in [6.07, 6.45) is 2.44. The Morgan fingerprint density at radius 3 is 2.50 bits per heavy atom. The van der Waals surface area contributed by atoms with E-state index < -0.39 is 5.91 Å². The molecule has 4 N–H and O–H groups in total. The summed E-state index contributed by atoms with van der Waals surface area (Å²) in [4.78, 5) is 18.4. The first kappa shape index (κ1) is 24.1. The number of aliphatic imine (C=N–C) groups is 1. The van der Waals surface area contributed by atoms with Gasteiger partial charge in [0.05, 0.1) is 6.54 Å². The van der Waals surface area contributed by atoms with Gasteiger partial charge in [-0.15, -0.1) is 24.0 Å². The number of hydrogen-bond donors (Lipinski definition) is 3. The maximum atomic E-state index is 11.2. The largest absolute Gasteiger partial charge is 0.366 e. The number of nitrogens with one attached hydrogen (secondary N) is 2. The van der Waals surface area contributed by atoms with Crippen LogP contribution in [-0.2, 0) is 13.1 Å². The molecule has 0 saturated carbocycles. The molecule has 7 heteroatoms. The third kappa shape index (κ3) is 7.28. The highest BCUT2D eigenvalue weighted by Crippen LogP contribution is 2.19. The van der Waals surface area contributed by atoms with Crippen LogP contribution in [0.1, 0.15) is 41.3 Å². The number of hydrogen-bond acceptors (Lipinski definition) is 3. The molecule has 1 amide bonds. The predicted octanol–water partition coefficient (Wildman–Crippen LogP) is 3.12. The number of likely N-dealkylation sites (tertiary alicyclic amines) is 1. The zero-order valence-corrected chi connectivity index (χ0v) is 19.8. The summed E-state index contributed by atoms with van der Waals surface area (Å²) in [7, 11) is 0. The molecule has 6 nitrogen and oxygen atoms in total. The van der Waals surface area contributed by atoms with Gasteiger partial charge in [0.1, 0.15) is 0 Å². The molecule has 0 spiro atoms. The highest BCUT2D eigenvalue weighted by molar-refractivity contribution is 14.0. The van der Waals surface area contributed by atoms with Gasteiger partial charge in [-0.2, -0.15) is 0 Å². The third-order valence-corrected chi connectivity index (χ3v) is 5.24. The summed E-state index contributed by atoms with van der Waals surface area (Å²) in [6.45, 7) is 6.43. The summed E-state index contributed by atoms with van der Waals surface area (Å²) in [5, 5.41) is 6.82. The maximum absolute atomic E-state index is 11.2. The van der Waals surface area contributed by atoms with Gasteiger partial charge in [0, 0.05) is 31.2 Å². The number of primary amides is 1. The number of nitrogens with two attached hydrogens (primary N) is 1. The molecule has 162 valence electrons. The van der Waals surface area contributed by atoms with Gasteiger partial charge in [0.2, 0.25) is 5.91 Å². The molecule has 0 radical (unpaired) electrons. The number of amides is 1. The van der Waals surface area contributed by atoms with E-state index in [1.54, 1.807) is 12.1 Å². The van der Waals surface area contributed by atoms with E-state index in [1.165, 1.54) is 18.4 Å². The highest BCUT2D eigenvalue weighted by Gasteiger charge is 2.24. The Kier molecular flexibility index (Phi) is 10.1. The molecule has 1 fully saturated rings. The summed E-state index contributed by atoms with van der Waals surface area (Å²) in [6, 6.07) is 18.4. The Morgan fingerprint density at radius 2 is 1.83 bits per heavy atom. The molecule has 3 rings (SSSR count). The molecule has 1 aliphatic heterocycles. The fraction of sp³-hybridized carbons (Fsp3) is 0.391. The predicted molar refractivity (Wildman–Crippen MR) is 133 cm³/mol. The van der Waals surface area contributed by atoms with Crippen LogP contribution in [-0.4, -0.2) is 42.4 Å². The van der Waals surface area contributed by atoms with Gasteiger partial charge < -0.3 is 16.4 Å². The molecule has 30 heavy (non-hydrogen) atoms. The van der Waals surface area contributed by atoms with Crippen molar-refractivity contribution in [1.29, 1.82) is 0 Å². The molecule has 2 aromatic rings. The number of guanidine groups is 1. The molecule has 0 bridgehead atoms. The van der Waals surface area contributed by atoms with E-state index in [1.807, 2.05) is 12.1 Å². The molecule has 0 aliphatic carbocycles. The van der Waals surface area contributed by atoms with Gasteiger partial charge in [0.25, 0.3) is 0 Å². The van der Waals surface area contributed by atoms with Crippen LogP contribution in [0, 0.1) is 0 Å². The number of benzene rings is 2. The minimum atomic E-state index is -0.410. The Hall–Kier alpha value is -2.13. The Bertz CT molecular complexity index is 810. The summed E-state index contributed by atoms with van der Waals surface area (Å²) >= 11 is 0. The van der Waals surface area contributed by atoms with Gasteiger partial charge in [-0.1, -0.05) is 42.5 Å². The van der Waals surface area contributed by atoms with Crippen molar-refractivity contribution in [2.45, 2.75) is 38.9 Å². The number of halogens is 1. The number of carbonyl (C=O) groups is 1. The van der Waals surface area contributed by atoms with Gasteiger partial charge in [-0.05, 0) is 49.6 Å². The number of carbonyl (C=O) groups excluding carboxylic acids is 1. The summed E-state index contributed by atoms with van der Waals surface area (Å²) in [5.41, 5.74) is 8.21. The number of nitrogens with zero attached hydrogens (tertiary/aromatic N) is 2. The fourth-order valence-electron chi connectivity index (χ4n) is 3.65. The van der Waals surface area contributed by atoms with Gasteiger partial charge in [0.15, 0.2) is 5.96 Å². The maximum Gasteiger partial charge on any atom is 0.248 e. The van der Waals surface area contributed by atoms with Crippen molar-refractivity contribution >= 4 is 35.8 Å². The standard InChI is InChI=1S/C23H31N5O.HI/c1-2-25-23(26-15-18-10-12-20(13-11-18)22(24)29)27-16-21-9-6-14-28(21)17-19-7-4-3-5-8-19;/h3-5,7-8,10-13,21H,2,6,9,14-17H2,1H3,(H2,24,29)(H2,25,26,27);1H. The quantitative estimate of drug-likeness (QED) is 0.283. The molecule has 0 aromatic heterocycles. The van der Waals surface area contributed by atoms with Crippen molar-refractivity contribution in [3.05, 3.63) is 71.3 Å². The van der Waals surface area contributed by atoms with Crippen molar-refractivity contribution in [2.75, 3.05) is 19.6 Å². The zero-order chi connectivity index (χ0) is 20.5. The third-order valence-electron chi connectivity index (χ3n) is 5.24. The first-order chi connectivity index (χ1) is 14.2. The summed E-state index contributed by atoms with van der Waals surface area (Å²) < 4.78 is 0. The molecule has 1 unspecified atom stereocenters. The SMILES string of the molecule is CCNC(=NCc1ccc(C(N)=O)cc1)NCC1CCCN1Cc1ccccc1.I. The van der Waals surface area contributed by atoms with E-state index in [0.717, 1.165) is 37.7 Å². The molecule has 2 aromatic carbocycles. The lowest BCUT2D eigenvalue weighted by atomic mass is 10.1. The van der Waals surface area contributed by atoms with Crippen LogP contribution >= 0.6 is 24.0 Å². The van der Waals surface area contributed by atoms with Gasteiger partial charge in [-0.3, -0.25) is 9.69 Å². The normalized spacial score (nSPS) is 16.7. The first-order valence-electron chi connectivity index (χ1n) is 10.3. The van der Waals surface area contributed by atoms with E-state index in [2.05, 4.69) is 57.8 Å². The van der Waals surface area contributed by atoms with Crippen molar-refractivity contribution in [1.82, 2.24) is 15.5 Å². The second-order valence-electron chi connectivity index (χ2n) is 7.39. The second kappa shape index (κ2) is 12.5. The topological polar surface area (TPSA) is 82.7 Å². The minimum absolute atomic E-state index is 0. The molecular weight excluding hydrogens is 489 g/mol. The summed E-state index contributed by atoms with van der Waals surface area (Å²) in [5.74, 6) is 0.407. The second-order valence-corrected chi connectivity index (χ2v) is 7.39. The lowest BCUT2D eigenvalue weighted by Gasteiger charge is -2.25. The van der Waals surface area contributed by atoms with E-state index in [9.17, 15) is 4.79 Å². The van der Waals surface area contributed by atoms with E-state index in [4.69, 9.17) is 5.73 Å². The van der Waals surface area contributed by atoms with Crippen molar-refractivity contribution in [3.63, 3.8) is 0 Å². The van der Waals surface area contributed by atoms with E-state index in [-0.39, 0.29) is 24.0 Å². The Labute approximate surface area is 196 Å². The van der Waals surface area contributed by atoms with Gasteiger partial charge in [-0.25, -0.2) is 4.99 Å². The lowest BCUT2D eigenvalue weighted by Crippen LogP contribution is -2.44. The molecule has 1 atom stereocenters. The Morgan fingerprint density at radius 1 is 1.10 bits per heavy atom. The Balaban J connectivity index is 0.00000320. The average Bonchev–Trinajstić information content (AvgIpc) is 3.18. The van der Waals surface area contributed by atoms with Crippen LogP contribution in [0.2, 0.25) is 0 Å². The smallest absolute Gasteiger partial charge is 0.248 e. The monoisotopic (exact) mass is 521 g/mol. The average molecular weight is 521 g/mol. The van der Waals surface area contributed by atoms with Crippen LogP contribution in [0.25, 0.3) is 0 Å². The lowest BCUT2D eigenvalue weighted by molar-refractivity contribution is 0.100. The van der Waals surface area contributed by atoms with Crippen LogP contribution in [0.5, 0.6) is 0 Å². The minimum Gasteiger partial charge on any atom is -0.366 e. The van der Waals surface area contributed by atoms with Crippen LogP contribution in [0.4, 0.5) is 0 Å². The van der Waals surface area contributed by atoms with Crippen LogP contribution in [0.15, 0.2) is 59.6 Å². The van der Waals surface area contributed by atoms with E-state index in [0.29, 0.717) is 18.2 Å². The fourth-order valence-corrected chi connectivity index (χ4v) is 3.65. The first-order valence-corrected chi connectivity index (χ1v) is 10.3. The van der Waals surface area contributed by atoms with Crippen LogP contribution < -0.4 is 16.4 Å². The van der Waals surface area contributed by atoms with Crippen molar-refractivity contribution in [3.8, 4) is 0 Å². The highest BCUT2D eigenvalue weighted by atomic mass is 127. The number of rotatable bonds is 8. The van der Waals surface area contributed by atoms with Crippen molar-refractivity contribution in [2.24, 2.45) is 10.7 Å².